The van der Waals surface area contributed by atoms with Crippen LogP contribution >= 0.6 is 0 Å². The molecule has 4 heteroatoms. The van der Waals surface area contributed by atoms with E-state index in [1.54, 1.807) is 12.4 Å². The molecule has 0 aliphatic heterocycles. The fourth-order valence-corrected chi connectivity index (χ4v) is 2.70. The van der Waals surface area contributed by atoms with Gasteiger partial charge in [0.05, 0.1) is 0 Å². The fourth-order valence-electron chi connectivity index (χ4n) is 2.70. The van der Waals surface area contributed by atoms with Crippen LogP contribution in [-0.2, 0) is 13.2 Å². The summed E-state index contributed by atoms with van der Waals surface area (Å²) in [6, 6.07) is 19.4. The third-order valence-electron chi connectivity index (χ3n) is 4.34. The van der Waals surface area contributed by atoms with Gasteiger partial charge in [-0.3, -0.25) is 9.78 Å². The minimum Gasteiger partial charge on any atom is -0.489 e. The molecular weight excluding hydrogens is 336 g/mol. The molecule has 0 radical (unpaired) electrons. The highest BCUT2D eigenvalue weighted by Crippen LogP contribution is 2.19. The second-order valence-corrected chi connectivity index (χ2v) is 6.75. The Kier molecular flexibility index (Phi) is 6.21. The van der Waals surface area contributed by atoms with E-state index in [2.05, 4.69) is 36.3 Å². The minimum absolute atomic E-state index is 0.102. The summed E-state index contributed by atoms with van der Waals surface area (Å²) in [5.41, 5.74) is 3.89. The molecule has 2 aromatic carbocycles. The largest absolute Gasteiger partial charge is 0.489 e. The van der Waals surface area contributed by atoms with Crippen LogP contribution in [0.1, 0.15) is 46.8 Å². The molecule has 0 saturated heterocycles. The molecule has 0 spiro atoms. The van der Waals surface area contributed by atoms with Crippen molar-refractivity contribution in [2.75, 3.05) is 0 Å². The van der Waals surface area contributed by atoms with Gasteiger partial charge in [-0.15, -0.1) is 0 Å². The smallest absolute Gasteiger partial charge is 0.251 e. The van der Waals surface area contributed by atoms with E-state index >= 15 is 0 Å². The number of hydrogen-bond acceptors (Lipinski definition) is 3. The van der Waals surface area contributed by atoms with Crippen molar-refractivity contribution in [1.29, 1.82) is 0 Å². The molecule has 0 aliphatic rings. The van der Waals surface area contributed by atoms with Crippen LogP contribution < -0.4 is 10.1 Å². The van der Waals surface area contributed by atoms with Crippen molar-refractivity contribution < 1.29 is 9.53 Å². The van der Waals surface area contributed by atoms with E-state index in [-0.39, 0.29) is 5.91 Å². The first-order valence-corrected chi connectivity index (χ1v) is 9.10. The molecule has 3 rings (SSSR count). The zero-order valence-electron chi connectivity index (χ0n) is 15.7. The highest BCUT2D eigenvalue weighted by Gasteiger charge is 2.07. The van der Waals surface area contributed by atoms with Gasteiger partial charge in [-0.2, -0.15) is 0 Å². The number of hydrogen-bond donors (Lipinski definition) is 1. The van der Waals surface area contributed by atoms with Gasteiger partial charge in [0.25, 0.3) is 5.91 Å². The first-order valence-electron chi connectivity index (χ1n) is 9.10. The summed E-state index contributed by atoms with van der Waals surface area (Å²) in [7, 11) is 0. The Hall–Kier alpha value is -3.14. The van der Waals surface area contributed by atoms with Gasteiger partial charge >= 0.3 is 0 Å². The number of nitrogens with zero attached hydrogens (tertiary/aromatic N) is 1. The molecule has 0 saturated carbocycles. The average molecular weight is 360 g/mol. The van der Waals surface area contributed by atoms with Crippen LogP contribution in [0.25, 0.3) is 0 Å². The lowest BCUT2D eigenvalue weighted by Gasteiger charge is -2.10. The molecule has 0 atom stereocenters. The van der Waals surface area contributed by atoms with Crippen molar-refractivity contribution in [3.63, 3.8) is 0 Å². The van der Waals surface area contributed by atoms with Crippen molar-refractivity contribution in [1.82, 2.24) is 10.3 Å². The standard InChI is InChI=1S/C23H24N2O2/c1-17(2)20-6-8-22(9-7-20)27-16-19-4-3-5-21(14-19)23(26)25-15-18-10-12-24-13-11-18/h3-14,17H,15-16H2,1-2H3,(H,25,26). The van der Waals surface area contributed by atoms with Crippen LogP contribution in [0, 0.1) is 0 Å². The topological polar surface area (TPSA) is 51.2 Å². The number of carbonyl (C=O) groups excluding carboxylic acids is 1. The summed E-state index contributed by atoms with van der Waals surface area (Å²) in [5.74, 6) is 1.23. The van der Waals surface area contributed by atoms with Crippen LogP contribution in [0.2, 0.25) is 0 Å². The van der Waals surface area contributed by atoms with Crippen LogP contribution in [0.5, 0.6) is 5.75 Å². The summed E-state index contributed by atoms with van der Waals surface area (Å²) in [4.78, 5) is 16.4. The lowest BCUT2D eigenvalue weighted by atomic mass is 10.0. The van der Waals surface area contributed by atoms with Crippen LogP contribution in [0.3, 0.4) is 0 Å². The number of ether oxygens (including phenoxy) is 1. The molecule has 27 heavy (non-hydrogen) atoms. The maximum atomic E-state index is 12.4. The number of nitrogens with one attached hydrogen (secondary N) is 1. The average Bonchev–Trinajstić information content (AvgIpc) is 2.71. The van der Waals surface area contributed by atoms with Crippen LogP contribution in [-0.4, -0.2) is 10.9 Å². The van der Waals surface area contributed by atoms with E-state index in [1.165, 1.54) is 5.56 Å². The zero-order valence-corrected chi connectivity index (χ0v) is 15.7. The second kappa shape index (κ2) is 8.99. The molecule has 1 N–H and O–H groups in total. The van der Waals surface area contributed by atoms with Gasteiger partial charge in [0, 0.05) is 24.5 Å². The highest BCUT2D eigenvalue weighted by atomic mass is 16.5. The van der Waals surface area contributed by atoms with Gasteiger partial charge in [0.2, 0.25) is 0 Å². The minimum atomic E-state index is -0.102. The molecule has 138 valence electrons. The molecule has 1 heterocycles. The zero-order chi connectivity index (χ0) is 19.1. The van der Waals surface area contributed by atoms with Crippen molar-refractivity contribution in [2.45, 2.75) is 32.9 Å². The molecule has 1 aromatic heterocycles. The molecular formula is C23H24N2O2. The van der Waals surface area contributed by atoms with E-state index in [4.69, 9.17) is 4.74 Å². The Bertz CT molecular complexity index is 874. The predicted octanol–water partition coefficient (Wildman–Crippen LogP) is 4.71. The Morgan fingerprint density at radius 3 is 2.44 bits per heavy atom. The highest BCUT2D eigenvalue weighted by molar-refractivity contribution is 5.94. The van der Waals surface area contributed by atoms with Gasteiger partial charge in [-0.25, -0.2) is 0 Å². The molecule has 4 nitrogen and oxygen atoms in total. The molecule has 0 bridgehead atoms. The van der Waals surface area contributed by atoms with Gasteiger partial charge < -0.3 is 10.1 Å². The lowest BCUT2D eigenvalue weighted by molar-refractivity contribution is 0.0950. The number of carbonyl (C=O) groups is 1. The van der Waals surface area contributed by atoms with Crippen LogP contribution in [0.4, 0.5) is 0 Å². The van der Waals surface area contributed by atoms with E-state index < -0.39 is 0 Å². The molecule has 0 fully saturated rings. The van der Waals surface area contributed by atoms with Gasteiger partial charge in [0.15, 0.2) is 0 Å². The van der Waals surface area contributed by atoms with Crippen LogP contribution in [0.15, 0.2) is 73.1 Å². The molecule has 0 unspecified atom stereocenters. The SMILES string of the molecule is CC(C)c1ccc(OCc2cccc(C(=O)NCc3ccncc3)c2)cc1. The number of aromatic nitrogens is 1. The van der Waals surface area contributed by atoms with Gasteiger partial charge in [-0.05, 0) is 59.0 Å². The quantitative estimate of drug-likeness (QED) is 0.664. The maximum absolute atomic E-state index is 12.4. The third-order valence-corrected chi connectivity index (χ3v) is 4.34. The van der Waals surface area contributed by atoms with Crippen molar-refractivity contribution >= 4 is 5.91 Å². The first-order chi connectivity index (χ1) is 13.1. The Morgan fingerprint density at radius 1 is 1.00 bits per heavy atom. The summed E-state index contributed by atoms with van der Waals surface area (Å²) in [6.07, 6.45) is 3.43. The molecule has 3 aromatic rings. The van der Waals surface area contributed by atoms with E-state index in [9.17, 15) is 4.79 Å². The monoisotopic (exact) mass is 360 g/mol. The Morgan fingerprint density at radius 2 is 1.74 bits per heavy atom. The number of amides is 1. The predicted molar refractivity (Wildman–Crippen MR) is 107 cm³/mol. The molecule has 0 aliphatic carbocycles. The number of benzene rings is 2. The molecule has 1 amide bonds. The van der Waals surface area contributed by atoms with E-state index in [0.717, 1.165) is 16.9 Å². The van der Waals surface area contributed by atoms with Gasteiger partial charge in [0.1, 0.15) is 12.4 Å². The Labute approximate surface area is 160 Å². The fraction of sp³-hybridized carbons (Fsp3) is 0.217. The van der Waals surface area contributed by atoms with Gasteiger partial charge in [-0.1, -0.05) is 38.1 Å². The summed E-state index contributed by atoms with van der Waals surface area (Å²) in [5, 5.41) is 2.93. The first kappa shape index (κ1) is 18.6. The summed E-state index contributed by atoms with van der Waals surface area (Å²) >= 11 is 0. The normalized spacial score (nSPS) is 10.6. The lowest BCUT2D eigenvalue weighted by Crippen LogP contribution is -2.22. The second-order valence-electron chi connectivity index (χ2n) is 6.75. The third kappa shape index (κ3) is 5.42. The van der Waals surface area contributed by atoms with Crippen molar-refractivity contribution in [3.8, 4) is 5.75 Å². The van der Waals surface area contributed by atoms with Crippen molar-refractivity contribution in [3.05, 3.63) is 95.3 Å². The summed E-state index contributed by atoms with van der Waals surface area (Å²) < 4.78 is 5.85. The Balaban J connectivity index is 1.57. The van der Waals surface area contributed by atoms with E-state index in [1.807, 2.05) is 48.5 Å². The van der Waals surface area contributed by atoms with Crippen molar-refractivity contribution in [2.24, 2.45) is 0 Å². The number of rotatable bonds is 7. The number of pyridine rings is 1. The summed E-state index contributed by atoms with van der Waals surface area (Å²) in [6.45, 7) is 5.24. The van der Waals surface area contributed by atoms with E-state index in [0.29, 0.717) is 24.6 Å². The maximum Gasteiger partial charge on any atom is 0.251 e.